The van der Waals surface area contributed by atoms with Crippen molar-refractivity contribution in [1.29, 1.82) is 0 Å². The van der Waals surface area contributed by atoms with Crippen LogP contribution in [0, 0.1) is 6.92 Å². The molecule has 0 amide bonds. The number of hydrogen-bond donors (Lipinski definition) is 1. The summed E-state index contributed by atoms with van der Waals surface area (Å²) >= 11 is 0. The molecule has 1 aliphatic heterocycles. The summed E-state index contributed by atoms with van der Waals surface area (Å²) in [6.45, 7) is 2.29. The molecule has 1 aromatic carbocycles. The van der Waals surface area contributed by atoms with Crippen molar-refractivity contribution in [3.8, 4) is 0 Å². The third-order valence-electron chi connectivity index (χ3n) is 3.99. The van der Waals surface area contributed by atoms with E-state index in [1.54, 1.807) is 30.5 Å². The fourth-order valence-corrected chi connectivity index (χ4v) is 4.14. The van der Waals surface area contributed by atoms with Crippen molar-refractivity contribution >= 4 is 16.0 Å². The Kier molecular flexibility index (Phi) is 3.91. The van der Waals surface area contributed by atoms with E-state index in [-0.39, 0.29) is 23.5 Å². The Bertz CT molecular complexity index is 860. The number of carbonyl (C=O) groups is 1. The average Bonchev–Trinajstić information content (AvgIpc) is 2.54. The zero-order chi connectivity index (χ0) is 16.6. The first-order valence-corrected chi connectivity index (χ1v) is 8.59. The predicted octanol–water partition coefficient (Wildman–Crippen LogP) is 1.84. The lowest BCUT2D eigenvalue weighted by Crippen LogP contribution is -2.36. The number of carboxylic acids is 1. The molecule has 7 heteroatoms. The fraction of sp³-hybridized carbons (Fsp3) is 0.250. The van der Waals surface area contributed by atoms with Crippen LogP contribution >= 0.6 is 0 Å². The third kappa shape index (κ3) is 2.85. The monoisotopic (exact) mass is 332 g/mol. The molecule has 120 valence electrons. The van der Waals surface area contributed by atoms with E-state index in [4.69, 9.17) is 0 Å². The van der Waals surface area contributed by atoms with Gasteiger partial charge in [-0.25, -0.2) is 13.2 Å². The molecule has 0 atom stereocenters. The smallest absolute Gasteiger partial charge is 0.337 e. The molecule has 0 unspecified atom stereocenters. The van der Waals surface area contributed by atoms with Crippen molar-refractivity contribution in [2.45, 2.75) is 24.8 Å². The highest BCUT2D eigenvalue weighted by Crippen LogP contribution is 2.26. The first-order valence-electron chi connectivity index (χ1n) is 7.15. The van der Waals surface area contributed by atoms with Gasteiger partial charge in [-0.05, 0) is 36.6 Å². The molecular weight excluding hydrogens is 316 g/mol. The molecule has 0 saturated carbocycles. The molecule has 0 bridgehead atoms. The second-order valence-corrected chi connectivity index (χ2v) is 7.47. The summed E-state index contributed by atoms with van der Waals surface area (Å²) in [6, 6.07) is 6.70. The molecular formula is C16H16N2O4S. The number of fused-ring (bicyclic) bond motifs is 1. The van der Waals surface area contributed by atoms with Gasteiger partial charge in [0.25, 0.3) is 0 Å². The van der Waals surface area contributed by atoms with E-state index in [2.05, 4.69) is 4.98 Å². The second kappa shape index (κ2) is 5.75. The van der Waals surface area contributed by atoms with Gasteiger partial charge in [-0.15, -0.1) is 0 Å². The van der Waals surface area contributed by atoms with Crippen molar-refractivity contribution in [2.24, 2.45) is 0 Å². The molecule has 0 aliphatic carbocycles. The van der Waals surface area contributed by atoms with Crippen LogP contribution in [0.3, 0.4) is 0 Å². The molecule has 2 aromatic rings. The maximum Gasteiger partial charge on any atom is 0.337 e. The molecule has 0 radical (unpaired) electrons. The highest BCUT2D eigenvalue weighted by molar-refractivity contribution is 7.89. The van der Waals surface area contributed by atoms with E-state index in [0.29, 0.717) is 17.5 Å². The van der Waals surface area contributed by atoms with E-state index in [1.807, 2.05) is 6.92 Å². The second-order valence-electron chi connectivity index (χ2n) is 5.53. The average molecular weight is 332 g/mol. The van der Waals surface area contributed by atoms with Crippen LogP contribution in [0.4, 0.5) is 0 Å². The maximum absolute atomic E-state index is 12.7. The van der Waals surface area contributed by atoms with E-state index in [9.17, 15) is 18.3 Å². The summed E-state index contributed by atoms with van der Waals surface area (Å²) in [7, 11) is -3.60. The van der Waals surface area contributed by atoms with Gasteiger partial charge in [-0.2, -0.15) is 4.31 Å². The predicted molar refractivity (Wildman–Crippen MR) is 83.7 cm³/mol. The lowest BCUT2D eigenvalue weighted by atomic mass is 9.98. The minimum Gasteiger partial charge on any atom is -0.478 e. The summed E-state index contributed by atoms with van der Waals surface area (Å²) in [5.74, 6) is -1.04. The number of sulfonamides is 1. The summed E-state index contributed by atoms with van der Waals surface area (Å²) < 4.78 is 26.8. The van der Waals surface area contributed by atoms with E-state index in [1.165, 1.54) is 10.5 Å². The first-order chi connectivity index (χ1) is 10.9. The molecule has 0 fully saturated rings. The molecule has 6 nitrogen and oxygen atoms in total. The lowest BCUT2D eigenvalue weighted by Gasteiger charge is -2.28. The van der Waals surface area contributed by atoms with Crippen LogP contribution in [0.2, 0.25) is 0 Å². The van der Waals surface area contributed by atoms with Gasteiger partial charge >= 0.3 is 5.97 Å². The molecule has 3 rings (SSSR count). The zero-order valence-corrected chi connectivity index (χ0v) is 13.4. The standard InChI is InChI=1S/C16H16N2O4S/c1-11-2-4-13(5-3-11)23(21,22)18-7-6-14-12(10-18)8-17-9-15(14)16(19)20/h2-5,8-9H,6-7,10H2,1H3,(H,19,20). The van der Waals surface area contributed by atoms with Crippen LogP contribution < -0.4 is 0 Å². The Morgan fingerprint density at radius 2 is 1.91 bits per heavy atom. The molecule has 0 spiro atoms. The minimum atomic E-state index is -3.60. The highest BCUT2D eigenvalue weighted by Gasteiger charge is 2.30. The van der Waals surface area contributed by atoms with Gasteiger partial charge in [0.05, 0.1) is 10.5 Å². The quantitative estimate of drug-likeness (QED) is 0.926. The van der Waals surface area contributed by atoms with Crippen LogP contribution in [0.15, 0.2) is 41.6 Å². The molecule has 1 N–H and O–H groups in total. The van der Waals surface area contributed by atoms with Crippen molar-refractivity contribution in [1.82, 2.24) is 9.29 Å². The van der Waals surface area contributed by atoms with E-state index in [0.717, 1.165) is 5.56 Å². The number of benzene rings is 1. The van der Waals surface area contributed by atoms with E-state index < -0.39 is 16.0 Å². The summed E-state index contributed by atoms with van der Waals surface area (Å²) in [6.07, 6.45) is 3.22. The number of nitrogens with zero attached hydrogens (tertiary/aromatic N) is 2. The van der Waals surface area contributed by atoms with Crippen molar-refractivity contribution < 1.29 is 18.3 Å². The van der Waals surface area contributed by atoms with Gasteiger partial charge in [0.2, 0.25) is 10.0 Å². The Balaban J connectivity index is 1.94. The molecule has 2 heterocycles. The van der Waals surface area contributed by atoms with Crippen molar-refractivity contribution in [3.05, 3.63) is 58.9 Å². The fourth-order valence-electron chi connectivity index (χ4n) is 2.72. The van der Waals surface area contributed by atoms with Gasteiger partial charge in [0.15, 0.2) is 0 Å². The number of pyridine rings is 1. The topological polar surface area (TPSA) is 87.6 Å². The Labute approximate surface area is 134 Å². The van der Waals surface area contributed by atoms with Gasteiger partial charge in [-0.3, -0.25) is 4.98 Å². The lowest BCUT2D eigenvalue weighted by molar-refractivity contribution is 0.0694. The summed E-state index contributed by atoms with van der Waals surface area (Å²) in [4.78, 5) is 15.4. The zero-order valence-electron chi connectivity index (χ0n) is 12.6. The van der Waals surface area contributed by atoms with Crippen LogP contribution in [-0.2, 0) is 23.0 Å². The van der Waals surface area contributed by atoms with Crippen molar-refractivity contribution in [2.75, 3.05) is 6.54 Å². The van der Waals surface area contributed by atoms with Gasteiger partial charge in [0, 0.05) is 25.5 Å². The summed E-state index contributed by atoms with van der Waals surface area (Å²) in [5, 5.41) is 9.20. The number of rotatable bonds is 3. The number of carboxylic acid groups (broad SMARTS) is 1. The highest BCUT2D eigenvalue weighted by atomic mass is 32.2. The number of aromatic carboxylic acids is 1. The van der Waals surface area contributed by atoms with Crippen LogP contribution in [0.25, 0.3) is 0 Å². The minimum absolute atomic E-state index is 0.139. The molecule has 23 heavy (non-hydrogen) atoms. The van der Waals surface area contributed by atoms with Crippen LogP contribution in [-0.4, -0.2) is 35.3 Å². The number of aromatic nitrogens is 1. The number of aryl methyl sites for hydroxylation is 1. The first kappa shape index (κ1) is 15.6. The van der Waals surface area contributed by atoms with Gasteiger partial charge < -0.3 is 5.11 Å². The maximum atomic E-state index is 12.7. The summed E-state index contributed by atoms with van der Waals surface area (Å²) in [5.41, 5.74) is 2.45. The van der Waals surface area contributed by atoms with Crippen molar-refractivity contribution in [3.63, 3.8) is 0 Å². The largest absolute Gasteiger partial charge is 0.478 e. The number of hydrogen-bond acceptors (Lipinski definition) is 4. The van der Waals surface area contributed by atoms with Crippen LogP contribution in [0.1, 0.15) is 27.0 Å². The normalized spacial score (nSPS) is 15.2. The molecule has 1 aliphatic rings. The molecule has 1 aromatic heterocycles. The Hall–Kier alpha value is -2.25. The van der Waals surface area contributed by atoms with Crippen LogP contribution in [0.5, 0.6) is 0 Å². The van der Waals surface area contributed by atoms with Gasteiger partial charge in [-0.1, -0.05) is 17.7 Å². The van der Waals surface area contributed by atoms with E-state index >= 15 is 0 Å². The Morgan fingerprint density at radius 1 is 1.22 bits per heavy atom. The third-order valence-corrected chi connectivity index (χ3v) is 5.85. The van der Waals surface area contributed by atoms with Gasteiger partial charge in [0.1, 0.15) is 0 Å². The molecule has 0 saturated heterocycles. The Morgan fingerprint density at radius 3 is 2.57 bits per heavy atom. The SMILES string of the molecule is Cc1ccc(S(=O)(=O)N2CCc3c(cncc3C(=O)O)C2)cc1.